The van der Waals surface area contributed by atoms with Crippen LogP contribution in [0.1, 0.15) is 85.5 Å². The summed E-state index contributed by atoms with van der Waals surface area (Å²) >= 11 is 0. The highest BCUT2D eigenvalue weighted by Crippen LogP contribution is 2.14. The molecule has 0 heterocycles. The van der Waals surface area contributed by atoms with Crippen LogP contribution in [0.4, 0.5) is 0 Å². The number of nitrogens with one attached hydrogen (secondary N) is 1. The average Bonchev–Trinajstić information content (AvgIpc) is 2.36. The van der Waals surface area contributed by atoms with E-state index < -0.39 is 11.0 Å². The molecule has 0 aromatic carbocycles. The van der Waals surface area contributed by atoms with E-state index in [4.69, 9.17) is 0 Å². The predicted octanol–water partition coefficient (Wildman–Crippen LogP) is 5.12. The minimum Gasteiger partial charge on any atom is -0.242 e. The lowest BCUT2D eigenvalue weighted by molar-refractivity contribution is 0.505. The molecule has 0 unspecified atom stereocenters. The van der Waals surface area contributed by atoms with Crippen molar-refractivity contribution >= 4 is 11.0 Å². The Labute approximate surface area is 129 Å². The maximum Gasteiger partial charge on any atom is 0.0972 e. The Kier molecular flexibility index (Phi) is 11.4. The van der Waals surface area contributed by atoms with Gasteiger partial charge in [0.2, 0.25) is 0 Å². The Morgan fingerprint density at radius 2 is 1.65 bits per heavy atom. The molecular formula is C17H35NOS. The summed E-state index contributed by atoms with van der Waals surface area (Å²) in [5.74, 6) is 0. The number of hydrogen-bond donors (Lipinski definition) is 1. The minimum atomic E-state index is -0.978. The van der Waals surface area contributed by atoms with Gasteiger partial charge in [-0.25, -0.2) is 8.93 Å². The van der Waals surface area contributed by atoms with Crippen molar-refractivity contribution in [3.63, 3.8) is 0 Å². The van der Waals surface area contributed by atoms with Gasteiger partial charge >= 0.3 is 0 Å². The van der Waals surface area contributed by atoms with Gasteiger partial charge in [0.25, 0.3) is 0 Å². The molecule has 20 heavy (non-hydrogen) atoms. The minimum absolute atomic E-state index is 0.195. The predicted molar refractivity (Wildman–Crippen MR) is 92.2 cm³/mol. The van der Waals surface area contributed by atoms with Crippen molar-refractivity contribution in [3.05, 3.63) is 12.7 Å². The SMILES string of the molecule is C=CC[C@H](CCCCCCCCC)N[S@@](=O)C(C)(C)C. The molecule has 0 fully saturated rings. The van der Waals surface area contributed by atoms with Gasteiger partial charge in [-0.2, -0.15) is 0 Å². The Morgan fingerprint density at radius 3 is 2.15 bits per heavy atom. The molecule has 0 spiro atoms. The molecule has 0 rings (SSSR count). The molecule has 0 saturated carbocycles. The zero-order valence-corrected chi connectivity index (χ0v) is 14.9. The van der Waals surface area contributed by atoms with E-state index in [9.17, 15) is 4.21 Å². The van der Waals surface area contributed by atoms with Gasteiger partial charge in [-0.3, -0.25) is 0 Å². The highest BCUT2D eigenvalue weighted by atomic mass is 32.2. The second kappa shape index (κ2) is 11.5. The van der Waals surface area contributed by atoms with Crippen molar-refractivity contribution in [1.29, 1.82) is 0 Å². The fourth-order valence-electron chi connectivity index (χ4n) is 2.10. The van der Waals surface area contributed by atoms with E-state index in [2.05, 4.69) is 18.2 Å². The first-order valence-electron chi connectivity index (χ1n) is 8.20. The number of rotatable bonds is 12. The Balaban J connectivity index is 3.86. The fourth-order valence-corrected chi connectivity index (χ4v) is 2.97. The molecule has 0 saturated heterocycles. The summed E-state index contributed by atoms with van der Waals surface area (Å²) in [4.78, 5) is 0. The van der Waals surface area contributed by atoms with Crippen LogP contribution in [0.15, 0.2) is 12.7 Å². The van der Waals surface area contributed by atoms with E-state index in [-0.39, 0.29) is 4.75 Å². The Hall–Kier alpha value is -0.150. The monoisotopic (exact) mass is 301 g/mol. The van der Waals surface area contributed by atoms with Crippen LogP contribution in [0.5, 0.6) is 0 Å². The molecule has 2 nitrogen and oxygen atoms in total. The van der Waals surface area contributed by atoms with E-state index in [0.29, 0.717) is 6.04 Å². The summed E-state index contributed by atoms with van der Waals surface area (Å²) < 4.78 is 15.2. The Bertz CT molecular complexity index is 271. The molecular weight excluding hydrogens is 266 g/mol. The van der Waals surface area contributed by atoms with Gasteiger partial charge in [0.15, 0.2) is 0 Å². The van der Waals surface area contributed by atoms with Crippen molar-refractivity contribution in [2.45, 2.75) is 96.3 Å². The van der Waals surface area contributed by atoms with Gasteiger partial charge in [0.1, 0.15) is 0 Å². The molecule has 0 aliphatic heterocycles. The van der Waals surface area contributed by atoms with Gasteiger partial charge in [-0.1, -0.05) is 57.9 Å². The van der Waals surface area contributed by atoms with Gasteiger partial charge in [-0.15, -0.1) is 6.58 Å². The van der Waals surface area contributed by atoms with Gasteiger partial charge < -0.3 is 0 Å². The molecule has 0 aliphatic rings. The third-order valence-electron chi connectivity index (χ3n) is 3.44. The lowest BCUT2D eigenvalue weighted by atomic mass is 10.0. The Morgan fingerprint density at radius 1 is 1.10 bits per heavy atom. The lowest BCUT2D eigenvalue weighted by Crippen LogP contribution is -2.39. The molecule has 120 valence electrons. The lowest BCUT2D eigenvalue weighted by Gasteiger charge is -2.23. The largest absolute Gasteiger partial charge is 0.242 e. The van der Waals surface area contributed by atoms with Crippen LogP contribution >= 0.6 is 0 Å². The van der Waals surface area contributed by atoms with Gasteiger partial charge in [0, 0.05) is 6.04 Å². The highest BCUT2D eigenvalue weighted by Gasteiger charge is 2.21. The summed E-state index contributed by atoms with van der Waals surface area (Å²) in [7, 11) is -0.978. The third-order valence-corrected chi connectivity index (χ3v) is 5.10. The van der Waals surface area contributed by atoms with Crippen molar-refractivity contribution in [1.82, 2.24) is 4.72 Å². The first-order valence-corrected chi connectivity index (χ1v) is 9.35. The first-order chi connectivity index (χ1) is 9.41. The summed E-state index contributed by atoms with van der Waals surface area (Å²) in [6.07, 6.45) is 13.2. The van der Waals surface area contributed by atoms with Crippen LogP contribution < -0.4 is 4.72 Å². The molecule has 0 amide bonds. The molecule has 0 aliphatic carbocycles. The molecule has 0 aromatic rings. The van der Waals surface area contributed by atoms with Crippen molar-refractivity contribution in [2.24, 2.45) is 0 Å². The highest BCUT2D eigenvalue weighted by molar-refractivity contribution is 7.84. The van der Waals surface area contributed by atoms with Crippen LogP contribution in [0.25, 0.3) is 0 Å². The zero-order valence-electron chi connectivity index (χ0n) is 14.0. The number of unbranched alkanes of at least 4 members (excludes halogenated alkanes) is 6. The second-order valence-electron chi connectivity index (χ2n) is 6.63. The summed E-state index contributed by atoms with van der Waals surface area (Å²) in [6, 6.07) is 0.309. The average molecular weight is 302 g/mol. The normalized spacial score (nSPS) is 15.0. The molecule has 0 bridgehead atoms. The fraction of sp³-hybridized carbons (Fsp3) is 0.882. The molecule has 0 aromatic heterocycles. The quantitative estimate of drug-likeness (QED) is 0.393. The van der Waals surface area contributed by atoms with Gasteiger partial charge in [0.05, 0.1) is 15.7 Å². The topological polar surface area (TPSA) is 29.1 Å². The van der Waals surface area contributed by atoms with E-state index >= 15 is 0 Å². The maximum atomic E-state index is 12.1. The number of hydrogen-bond acceptors (Lipinski definition) is 1. The van der Waals surface area contributed by atoms with Crippen LogP contribution in [0.2, 0.25) is 0 Å². The van der Waals surface area contributed by atoms with Crippen molar-refractivity contribution in [2.75, 3.05) is 0 Å². The van der Waals surface area contributed by atoms with E-state index in [1.54, 1.807) is 0 Å². The van der Waals surface area contributed by atoms with Crippen molar-refractivity contribution in [3.8, 4) is 0 Å². The summed E-state index contributed by atoms with van der Waals surface area (Å²) in [5.41, 5.74) is 0. The smallest absolute Gasteiger partial charge is 0.0972 e. The van der Waals surface area contributed by atoms with Crippen molar-refractivity contribution < 1.29 is 4.21 Å². The standard InChI is InChI=1S/C17H35NOS/c1-6-8-9-10-11-12-13-15-16(14-7-2)18-20(19)17(3,4)5/h7,16,18H,2,6,8-15H2,1,3-5H3/t16-,20+/m1/s1. The van der Waals surface area contributed by atoms with E-state index in [0.717, 1.165) is 12.8 Å². The zero-order chi connectivity index (χ0) is 15.4. The summed E-state index contributed by atoms with van der Waals surface area (Å²) in [5, 5.41) is 0. The van der Waals surface area contributed by atoms with Crippen LogP contribution in [0, 0.1) is 0 Å². The third kappa shape index (κ3) is 10.6. The van der Waals surface area contributed by atoms with Crippen LogP contribution in [-0.2, 0) is 11.0 Å². The molecule has 3 heteroatoms. The van der Waals surface area contributed by atoms with E-state index in [1.807, 2.05) is 26.8 Å². The van der Waals surface area contributed by atoms with Crippen LogP contribution in [0.3, 0.4) is 0 Å². The van der Waals surface area contributed by atoms with E-state index in [1.165, 1.54) is 44.9 Å². The molecule has 1 N–H and O–H groups in total. The summed E-state index contributed by atoms with van der Waals surface area (Å²) in [6.45, 7) is 12.1. The second-order valence-corrected chi connectivity index (χ2v) is 8.63. The first kappa shape index (κ1) is 19.9. The molecule has 2 atom stereocenters. The molecule has 0 radical (unpaired) electrons. The van der Waals surface area contributed by atoms with Gasteiger partial charge in [-0.05, 0) is 33.6 Å². The van der Waals surface area contributed by atoms with Crippen LogP contribution in [-0.4, -0.2) is 15.0 Å². The maximum absolute atomic E-state index is 12.1.